The van der Waals surface area contributed by atoms with E-state index in [-0.39, 0.29) is 28.5 Å². The highest BCUT2D eigenvalue weighted by molar-refractivity contribution is 6.28. The number of piperidine rings is 4. The molecule has 10 rings (SSSR count). The van der Waals surface area contributed by atoms with Crippen LogP contribution in [-0.2, 0) is 9.47 Å². The highest BCUT2D eigenvalue weighted by Gasteiger charge is 2.40. The minimum atomic E-state index is -0.459. The number of anilines is 5. The van der Waals surface area contributed by atoms with Gasteiger partial charge in [-0.2, -0.15) is 4.98 Å². The summed E-state index contributed by atoms with van der Waals surface area (Å²) >= 11 is 5.78. The first-order valence-electron chi connectivity index (χ1n) is 27.4. The van der Waals surface area contributed by atoms with Gasteiger partial charge in [-0.1, -0.05) is 0 Å². The fraction of sp³-hybridized carbons (Fsp3) is 0.607. The van der Waals surface area contributed by atoms with Crippen molar-refractivity contribution in [1.29, 1.82) is 0 Å². The van der Waals surface area contributed by atoms with Crippen LogP contribution in [0.4, 0.5) is 38.8 Å². The number of aromatic nitrogens is 10. The average molecular weight is 1080 g/mol. The summed E-state index contributed by atoms with van der Waals surface area (Å²) in [5.74, 6) is 5.45. The topological polar surface area (TPSA) is 211 Å². The van der Waals surface area contributed by atoms with E-state index in [1.165, 1.54) is 12.8 Å². The third-order valence-electron chi connectivity index (χ3n) is 15.0. The minimum absolute atomic E-state index is 0.147. The number of ether oxygens (including phenoxy) is 2. The third kappa shape index (κ3) is 14.6. The molecule has 0 saturated carbocycles. The molecule has 2 spiro atoms. The predicted molar refractivity (Wildman–Crippen MR) is 303 cm³/mol. The molecule has 77 heavy (non-hydrogen) atoms. The standard InChI is InChI=1S/C28H40N8O2.C14H15ClN6.C14H26N2O2/c1-19(2)36-20(3)31-21-18-30-24(17-22(21)36)32-23-7-12-29-25(33-23)34-13-8-28(9-14-34)10-15-35(16-11-28)26(37)38-27(4,5)6;1-8(2)21-9(3)18-10-7-17-13(6-11(10)21)19-12-4-5-16-14(15)20-12;1-13(2,3)18-12(17)16-10-6-14(7-11-16)4-8-15-9-5-14/h7,12,17-19H,8-11,13-16H2,1-6H3,(H,29,30,32,33);4-8H,1-3H3,(H,16,17,19,20);15H,4-11H2,1-3H3. The monoisotopic (exact) mass is 1080 g/mol. The van der Waals surface area contributed by atoms with Gasteiger partial charge in [0.15, 0.2) is 0 Å². The van der Waals surface area contributed by atoms with Crippen LogP contribution in [0.3, 0.4) is 0 Å². The third-order valence-corrected chi connectivity index (χ3v) is 15.2. The van der Waals surface area contributed by atoms with Gasteiger partial charge in [0.25, 0.3) is 0 Å². The van der Waals surface area contributed by atoms with Gasteiger partial charge in [0, 0.05) is 75.9 Å². The van der Waals surface area contributed by atoms with Crippen LogP contribution >= 0.6 is 11.6 Å². The molecule has 2 amide bonds. The summed E-state index contributed by atoms with van der Waals surface area (Å²) in [7, 11) is 0. The number of carbonyl (C=O) groups excluding carboxylic acids is 2. The number of amides is 2. The Balaban J connectivity index is 0.000000169. The first-order chi connectivity index (χ1) is 36.5. The Morgan fingerprint density at radius 1 is 0.584 bits per heavy atom. The largest absolute Gasteiger partial charge is 0.444 e. The van der Waals surface area contributed by atoms with Crippen molar-refractivity contribution in [2.45, 2.75) is 158 Å². The number of fused-ring (bicyclic) bond motifs is 2. The molecule has 6 aromatic rings. The van der Waals surface area contributed by atoms with Gasteiger partial charge in [-0.3, -0.25) is 0 Å². The minimum Gasteiger partial charge on any atom is -0.444 e. The molecule has 4 fully saturated rings. The van der Waals surface area contributed by atoms with Gasteiger partial charge < -0.3 is 49.3 Å². The van der Waals surface area contributed by atoms with Crippen LogP contribution < -0.4 is 20.9 Å². The summed E-state index contributed by atoms with van der Waals surface area (Å²) in [6.45, 7) is 31.4. The lowest BCUT2D eigenvalue weighted by atomic mass is 9.71. The Kier molecular flexibility index (Phi) is 17.5. The van der Waals surface area contributed by atoms with E-state index in [9.17, 15) is 9.59 Å². The summed E-state index contributed by atoms with van der Waals surface area (Å²) in [5.41, 5.74) is 3.80. The summed E-state index contributed by atoms with van der Waals surface area (Å²) in [4.78, 5) is 65.8. The first-order valence-corrected chi connectivity index (χ1v) is 27.8. The summed E-state index contributed by atoms with van der Waals surface area (Å²) in [5, 5.41) is 10.1. The Morgan fingerprint density at radius 3 is 1.43 bits per heavy atom. The Morgan fingerprint density at radius 2 is 1.00 bits per heavy atom. The number of halogens is 1. The molecule has 4 aliphatic rings. The van der Waals surface area contributed by atoms with E-state index in [1.807, 2.05) is 89.6 Å². The number of nitrogens with one attached hydrogen (secondary N) is 3. The lowest BCUT2D eigenvalue weighted by Crippen LogP contribution is -2.49. The van der Waals surface area contributed by atoms with Gasteiger partial charge in [0.2, 0.25) is 11.2 Å². The number of carbonyl (C=O) groups is 2. The molecular weight excluding hydrogens is 996 g/mol. The van der Waals surface area contributed by atoms with Gasteiger partial charge in [0.05, 0.1) is 23.4 Å². The maximum Gasteiger partial charge on any atom is 0.410 e. The number of imidazole rings is 2. The van der Waals surface area contributed by atoms with Gasteiger partial charge in [0.1, 0.15) is 57.2 Å². The van der Waals surface area contributed by atoms with Crippen LogP contribution in [0.5, 0.6) is 0 Å². The molecule has 6 aromatic heterocycles. The Bertz CT molecular complexity index is 2960. The van der Waals surface area contributed by atoms with Gasteiger partial charge in [-0.25, -0.2) is 44.5 Å². The molecule has 3 N–H and O–H groups in total. The second-order valence-corrected chi connectivity index (χ2v) is 24.1. The van der Waals surface area contributed by atoms with Crippen LogP contribution in [-0.4, -0.2) is 135 Å². The van der Waals surface area contributed by atoms with Crippen molar-refractivity contribution in [3.05, 3.63) is 66.0 Å². The van der Waals surface area contributed by atoms with Gasteiger partial charge in [-0.15, -0.1) is 0 Å². The maximum atomic E-state index is 12.5. The molecule has 0 radical (unpaired) electrons. The number of hydrogen-bond acceptors (Lipinski definition) is 16. The predicted octanol–water partition coefficient (Wildman–Crippen LogP) is 11.4. The van der Waals surface area contributed by atoms with Crippen molar-refractivity contribution in [1.82, 2.24) is 64.1 Å². The molecular formula is C56H81ClN16O4. The number of aryl methyl sites for hydroxylation is 2. The highest BCUT2D eigenvalue weighted by Crippen LogP contribution is 2.43. The Hall–Kier alpha value is -6.41. The van der Waals surface area contributed by atoms with E-state index in [1.54, 1.807) is 24.7 Å². The maximum absolute atomic E-state index is 12.5. The zero-order valence-electron chi connectivity index (χ0n) is 47.4. The van der Waals surface area contributed by atoms with Gasteiger partial charge in [-0.05, 0) is 182 Å². The SMILES string of the molecule is CC(C)(C)OC(=O)N1CCC2(CCNCC2)CC1.Cc1nc2cnc(Nc3ccnc(Cl)n3)cc2n1C(C)C.Cc1nc2cnc(Nc3ccnc(N4CCC5(CCN(C(=O)OC(C)(C)C)CC5)CC4)n3)cc2n1C(C)C. The molecule has 21 heteroatoms. The summed E-state index contributed by atoms with van der Waals surface area (Å²) in [6.07, 6.45) is 15.6. The number of nitrogens with zero attached hydrogens (tertiary/aromatic N) is 13. The molecule has 0 atom stereocenters. The van der Waals surface area contributed by atoms with Crippen molar-refractivity contribution >= 4 is 75.1 Å². The Labute approximate surface area is 458 Å². The summed E-state index contributed by atoms with van der Waals surface area (Å²) in [6, 6.07) is 8.25. The fourth-order valence-electron chi connectivity index (χ4n) is 11.0. The van der Waals surface area contributed by atoms with Crippen molar-refractivity contribution in [2.75, 3.05) is 67.9 Å². The van der Waals surface area contributed by atoms with Crippen molar-refractivity contribution in [3.8, 4) is 0 Å². The molecule has 0 bridgehead atoms. The normalized spacial score (nSPS) is 17.5. The van der Waals surface area contributed by atoms with Crippen molar-refractivity contribution in [2.24, 2.45) is 10.8 Å². The van der Waals surface area contributed by atoms with E-state index in [4.69, 9.17) is 26.1 Å². The number of rotatable bonds is 7. The first kappa shape index (κ1) is 56.8. The zero-order valence-corrected chi connectivity index (χ0v) is 48.2. The molecule has 4 aliphatic heterocycles. The van der Waals surface area contributed by atoms with E-state index in [0.717, 1.165) is 142 Å². The molecule has 10 heterocycles. The molecule has 4 saturated heterocycles. The second-order valence-electron chi connectivity index (χ2n) is 23.7. The second kappa shape index (κ2) is 23.7. The molecule has 20 nitrogen and oxygen atoms in total. The van der Waals surface area contributed by atoms with E-state index in [0.29, 0.717) is 29.1 Å². The van der Waals surface area contributed by atoms with Crippen LogP contribution in [0.1, 0.15) is 144 Å². The lowest BCUT2D eigenvalue weighted by molar-refractivity contribution is 0.00504. The van der Waals surface area contributed by atoms with Crippen LogP contribution in [0.15, 0.2) is 49.1 Å². The fourth-order valence-corrected chi connectivity index (χ4v) is 11.2. The number of likely N-dealkylation sites (tertiary alicyclic amines) is 2. The zero-order chi connectivity index (χ0) is 55.3. The molecule has 0 aliphatic carbocycles. The van der Waals surface area contributed by atoms with Gasteiger partial charge >= 0.3 is 12.2 Å². The molecule has 0 unspecified atom stereocenters. The van der Waals surface area contributed by atoms with E-state index >= 15 is 0 Å². The van der Waals surface area contributed by atoms with Crippen LogP contribution in [0.25, 0.3) is 22.1 Å². The number of hydrogen-bond donors (Lipinski definition) is 3. The van der Waals surface area contributed by atoms with Crippen LogP contribution in [0.2, 0.25) is 5.28 Å². The van der Waals surface area contributed by atoms with E-state index in [2.05, 4.69) is 92.6 Å². The van der Waals surface area contributed by atoms with E-state index < -0.39 is 5.60 Å². The lowest BCUT2D eigenvalue weighted by Gasteiger charge is -2.46. The quantitative estimate of drug-likeness (QED) is 0.127. The number of pyridine rings is 2. The highest BCUT2D eigenvalue weighted by atomic mass is 35.5. The van der Waals surface area contributed by atoms with Crippen molar-refractivity contribution < 1.29 is 19.1 Å². The van der Waals surface area contributed by atoms with Crippen LogP contribution in [0, 0.1) is 24.7 Å². The molecule has 0 aromatic carbocycles. The summed E-state index contributed by atoms with van der Waals surface area (Å²) < 4.78 is 15.4. The van der Waals surface area contributed by atoms with Crippen molar-refractivity contribution in [3.63, 3.8) is 0 Å². The smallest absolute Gasteiger partial charge is 0.410 e. The molecule has 416 valence electrons. The average Bonchev–Trinajstić information content (AvgIpc) is 3.90.